The topological polar surface area (TPSA) is 53.3 Å². The summed E-state index contributed by atoms with van der Waals surface area (Å²) in [5.41, 5.74) is 1.90. The van der Waals surface area contributed by atoms with Crippen LogP contribution in [0.15, 0.2) is 48.5 Å². The fraction of sp³-hybridized carbons (Fsp3) is 0.440. The smallest absolute Gasteiger partial charge is 0.410 e. The number of halogens is 1. The monoisotopic (exact) mass is 408 g/mol. The molecule has 1 aliphatic rings. The second-order valence-corrected chi connectivity index (χ2v) is 9.01. The standard InChI is InChI=1S/C25H29FN2O2/c1-17(22-9-6-14-28(22)24(29)30-25(2,3)4)23(20-7-5-8-21(26)15-20)19-12-10-18(16-27)11-13-19/h5,7-8,10-13,15,17,22-23H,6,9,14H2,1-4H3/t17-,22+,23+/m0/s1. The van der Waals surface area contributed by atoms with Crippen molar-refractivity contribution in [1.29, 1.82) is 5.26 Å². The normalized spacial score (nSPS) is 18.5. The Morgan fingerprint density at radius 2 is 1.90 bits per heavy atom. The first-order chi connectivity index (χ1) is 14.2. The van der Waals surface area contributed by atoms with Crippen LogP contribution < -0.4 is 0 Å². The van der Waals surface area contributed by atoms with Crippen molar-refractivity contribution in [1.82, 2.24) is 4.90 Å². The molecular weight excluding hydrogens is 379 g/mol. The highest BCUT2D eigenvalue weighted by atomic mass is 19.1. The lowest BCUT2D eigenvalue weighted by Gasteiger charge is -2.36. The van der Waals surface area contributed by atoms with E-state index >= 15 is 0 Å². The Balaban J connectivity index is 1.96. The number of nitriles is 1. The lowest BCUT2D eigenvalue weighted by Crippen LogP contribution is -2.43. The molecule has 30 heavy (non-hydrogen) atoms. The van der Waals surface area contributed by atoms with Crippen molar-refractivity contribution in [3.05, 3.63) is 71.0 Å². The average molecular weight is 409 g/mol. The third-order valence-electron chi connectivity index (χ3n) is 5.67. The zero-order valence-electron chi connectivity index (χ0n) is 18.1. The lowest BCUT2D eigenvalue weighted by molar-refractivity contribution is 0.0176. The summed E-state index contributed by atoms with van der Waals surface area (Å²) < 4.78 is 19.7. The van der Waals surface area contributed by atoms with Gasteiger partial charge in [-0.05, 0) is 74.9 Å². The van der Waals surface area contributed by atoms with Gasteiger partial charge in [-0.3, -0.25) is 0 Å². The van der Waals surface area contributed by atoms with Gasteiger partial charge in [0, 0.05) is 18.5 Å². The molecule has 0 N–H and O–H groups in total. The summed E-state index contributed by atoms with van der Waals surface area (Å²) >= 11 is 0. The van der Waals surface area contributed by atoms with E-state index in [1.807, 2.05) is 43.9 Å². The molecule has 4 nitrogen and oxygen atoms in total. The van der Waals surface area contributed by atoms with Gasteiger partial charge >= 0.3 is 6.09 Å². The third kappa shape index (κ3) is 4.99. The van der Waals surface area contributed by atoms with Gasteiger partial charge in [-0.25, -0.2) is 9.18 Å². The van der Waals surface area contributed by atoms with Crippen LogP contribution in [0.4, 0.5) is 9.18 Å². The van der Waals surface area contributed by atoms with E-state index in [1.54, 1.807) is 24.3 Å². The van der Waals surface area contributed by atoms with Gasteiger partial charge in [0.15, 0.2) is 0 Å². The van der Waals surface area contributed by atoms with E-state index in [-0.39, 0.29) is 29.8 Å². The van der Waals surface area contributed by atoms with E-state index in [4.69, 9.17) is 10.00 Å². The number of rotatable bonds is 4. The molecule has 0 saturated carbocycles. The quantitative estimate of drug-likeness (QED) is 0.636. The summed E-state index contributed by atoms with van der Waals surface area (Å²) in [5.74, 6) is -0.356. The Morgan fingerprint density at radius 3 is 2.50 bits per heavy atom. The largest absolute Gasteiger partial charge is 0.444 e. The van der Waals surface area contributed by atoms with Crippen molar-refractivity contribution in [3.8, 4) is 6.07 Å². The van der Waals surface area contributed by atoms with E-state index in [0.717, 1.165) is 24.0 Å². The molecule has 2 aromatic rings. The molecule has 5 heteroatoms. The Morgan fingerprint density at radius 1 is 1.20 bits per heavy atom. The predicted octanol–water partition coefficient (Wildman–Crippen LogP) is 5.86. The molecule has 158 valence electrons. The Labute approximate surface area is 178 Å². The first-order valence-electron chi connectivity index (χ1n) is 10.4. The van der Waals surface area contributed by atoms with Crippen LogP contribution in [0, 0.1) is 23.1 Å². The van der Waals surface area contributed by atoms with Crippen molar-refractivity contribution in [3.63, 3.8) is 0 Å². The Kier molecular flexibility index (Phi) is 6.45. The second kappa shape index (κ2) is 8.87. The Hall–Kier alpha value is -2.87. The molecule has 3 rings (SSSR count). The van der Waals surface area contributed by atoms with E-state index < -0.39 is 5.60 Å². The van der Waals surface area contributed by atoms with E-state index in [2.05, 4.69) is 13.0 Å². The maximum Gasteiger partial charge on any atom is 0.410 e. The van der Waals surface area contributed by atoms with Crippen molar-refractivity contribution in [2.45, 2.75) is 58.1 Å². The number of carbonyl (C=O) groups excluding carboxylic acids is 1. The van der Waals surface area contributed by atoms with Crippen molar-refractivity contribution in [2.75, 3.05) is 6.54 Å². The highest BCUT2D eigenvalue weighted by Crippen LogP contribution is 2.39. The SMILES string of the molecule is C[C@H]([C@H](c1ccc(C#N)cc1)c1cccc(F)c1)[C@H]1CCCN1C(=O)OC(C)(C)C. The summed E-state index contributed by atoms with van der Waals surface area (Å²) in [6.07, 6.45) is 1.50. The molecule has 0 aliphatic carbocycles. The zero-order chi connectivity index (χ0) is 21.9. The maximum absolute atomic E-state index is 14.1. The number of hydrogen-bond acceptors (Lipinski definition) is 3. The summed E-state index contributed by atoms with van der Waals surface area (Å²) in [6.45, 7) is 8.37. The van der Waals surface area contributed by atoms with Gasteiger partial charge in [0.1, 0.15) is 11.4 Å². The number of likely N-dealkylation sites (tertiary alicyclic amines) is 1. The molecule has 1 amide bonds. The molecule has 0 bridgehead atoms. The number of ether oxygens (including phenoxy) is 1. The van der Waals surface area contributed by atoms with Crippen LogP contribution in [-0.4, -0.2) is 29.2 Å². The van der Waals surface area contributed by atoms with Crippen molar-refractivity contribution >= 4 is 6.09 Å². The van der Waals surface area contributed by atoms with Gasteiger partial charge in [-0.1, -0.05) is 31.2 Å². The number of carbonyl (C=O) groups is 1. The number of amides is 1. The maximum atomic E-state index is 14.1. The van der Waals surface area contributed by atoms with Gasteiger partial charge in [-0.15, -0.1) is 0 Å². The van der Waals surface area contributed by atoms with Gasteiger partial charge in [0.05, 0.1) is 11.6 Å². The summed E-state index contributed by atoms with van der Waals surface area (Å²) in [7, 11) is 0. The molecule has 0 aromatic heterocycles. The summed E-state index contributed by atoms with van der Waals surface area (Å²) in [6, 6.07) is 16.2. The minimum atomic E-state index is -0.553. The van der Waals surface area contributed by atoms with E-state index in [9.17, 15) is 9.18 Å². The zero-order valence-corrected chi connectivity index (χ0v) is 18.1. The van der Waals surface area contributed by atoms with Gasteiger partial charge < -0.3 is 9.64 Å². The number of benzene rings is 2. The van der Waals surface area contributed by atoms with E-state index in [0.29, 0.717) is 12.1 Å². The van der Waals surface area contributed by atoms with Crippen LogP contribution in [0.3, 0.4) is 0 Å². The van der Waals surface area contributed by atoms with Crippen LogP contribution in [-0.2, 0) is 4.74 Å². The molecule has 2 aromatic carbocycles. The fourth-order valence-electron chi connectivity index (χ4n) is 4.37. The first kappa shape index (κ1) is 21.8. The number of hydrogen-bond donors (Lipinski definition) is 0. The molecule has 1 aliphatic heterocycles. The second-order valence-electron chi connectivity index (χ2n) is 9.01. The van der Waals surface area contributed by atoms with Crippen molar-refractivity contribution in [2.24, 2.45) is 5.92 Å². The van der Waals surface area contributed by atoms with Crippen LogP contribution in [0.1, 0.15) is 63.1 Å². The molecule has 1 heterocycles. The third-order valence-corrected chi connectivity index (χ3v) is 5.67. The molecule has 3 atom stereocenters. The molecule has 1 fully saturated rings. The summed E-state index contributed by atoms with van der Waals surface area (Å²) in [5, 5.41) is 9.13. The highest BCUT2D eigenvalue weighted by Gasteiger charge is 2.39. The molecule has 1 saturated heterocycles. The van der Waals surface area contributed by atoms with Crippen LogP contribution >= 0.6 is 0 Å². The first-order valence-corrected chi connectivity index (χ1v) is 10.4. The number of nitrogens with zero attached hydrogens (tertiary/aromatic N) is 2. The average Bonchev–Trinajstić information content (AvgIpc) is 3.17. The highest BCUT2D eigenvalue weighted by molar-refractivity contribution is 5.69. The Bertz CT molecular complexity index is 927. The van der Waals surface area contributed by atoms with Gasteiger partial charge in [0.2, 0.25) is 0 Å². The fourth-order valence-corrected chi connectivity index (χ4v) is 4.37. The van der Waals surface area contributed by atoms with Crippen LogP contribution in [0.25, 0.3) is 0 Å². The molecular formula is C25H29FN2O2. The van der Waals surface area contributed by atoms with Gasteiger partial charge in [0.25, 0.3) is 0 Å². The van der Waals surface area contributed by atoms with Crippen LogP contribution in [0.2, 0.25) is 0 Å². The van der Waals surface area contributed by atoms with Gasteiger partial charge in [-0.2, -0.15) is 5.26 Å². The molecule has 0 radical (unpaired) electrons. The van der Waals surface area contributed by atoms with E-state index in [1.165, 1.54) is 6.07 Å². The predicted molar refractivity (Wildman–Crippen MR) is 115 cm³/mol. The summed E-state index contributed by atoms with van der Waals surface area (Å²) in [4.78, 5) is 14.6. The lowest BCUT2D eigenvalue weighted by atomic mass is 9.77. The molecule has 0 unspecified atom stereocenters. The van der Waals surface area contributed by atoms with Crippen LogP contribution in [0.5, 0.6) is 0 Å². The minimum absolute atomic E-state index is 0.0104. The molecule has 0 spiro atoms. The van der Waals surface area contributed by atoms with Crippen molar-refractivity contribution < 1.29 is 13.9 Å². The minimum Gasteiger partial charge on any atom is -0.444 e.